The van der Waals surface area contributed by atoms with Gasteiger partial charge in [-0.25, -0.2) is 0 Å². The van der Waals surface area contributed by atoms with Crippen LogP contribution in [0.5, 0.6) is 5.75 Å². The Kier molecular flexibility index (Phi) is 6.69. The topological polar surface area (TPSA) is 67.4 Å². The van der Waals surface area contributed by atoms with Crippen LogP contribution in [0.2, 0.25) is 5.02 Å². The fourth-order valence-corrected chi connectivity index (χ4v) is 3.51. The van der Waals surface area contributed by atoms with Crippen LogP contribution < -0.4 is 15.4 Å². The number of nitrogens with one attached hydrogen (secondary N) is 2. The molecular weight excluding hydrogens is 408 g/mol. The van der Waals surface area contributed by atoms with Crippen LogP contribution in [-0.2, 0) is 4.79 Å². The highest BCUT2D eigenvalue weighted by molar-refractivity contribution is 7.10. The summed E-state index contributed by atoms with van der Waals surface area (Å²) >= 11 is 7.59. The summed E-state index contributed by atoms with van der Waals surface area (Å²) in [5, 5.41) is 7.74. The second-order valence-corrected chi connectivity index (χ2v) is 7.59. The number of hydrogen-bond donors (Lipinski definition) is 2. The molecule has 0 bridgehead atoms. The summed E-state index contributed by atoms with van der Waals surface area (Å²) < 4.78 is 5.12. The zero-order chi connectivity index (χ0) is 20.8. The monoisotopic (exact) mass is 426 g/mol. The molecule has 0 radical (unpaired) electrons. The Morgan fingerprint density at radius 1 is 1.10 bits per heavy atom. The number of methoxy groups -OCH3 is 1. The van der Waals surface area contributed by atoms with Gasteiger partial charge in [0, 0.05) is 16.1 Å². The van der Waals surface area contributed by atoms with Gasteiger partial charge in [-0.15, -0.1) is 11.3 Å². The fourth-order valence-electron chi connectivity index (χ4n) is 2.60. The highest BCUT2D eigenvalue weighted by Crippen LogP contribution is 2.27. The molecule has 2 N–H and O–H groups in total. The molecule has 0 aliphatic heterocycles. The minimum absolute atomic E-state index is 0.130. The van der Waals surface area contributed by atoms with Gasteiger partial charge < -0.3 is 15.4 Å². The number of rotatable bonds is 6. The first-order valence-electron chi connectivity index (χ1n) is 8.74. The van der Waals surface area contributed by atoms with Crippen LogP contribution in [0, 0.1) is 6.92 Å². The van der Waals surface area contributed by atoms with Crippen LogP contribution in [-0.4, -0.2) is 18.9 Å². The van der Waals surface area contributed by atoms with E-state index in [1.54, 1.807) is 42.5 Å². The number of ether oxygens (including phenoxy) is 1. The molecule has 3 rings (SSSR count). The lowest BCUT2D eigenvalue weighted by Gasteiger charge is -2.12. The highest BCUT2D eigenvalue weighted by Gasteiger charge is 2.16. The van der Waals surface area contributed by atoms with Crippen molar-refractivity contribution in [3.05, 3.63) is 86.7 Å². The van der Waals surface area contributed by atoms with E-state index in [9.17, 15) is 9.59 Å². The predicted molar refractivity (Wildman–Crippen MR) is 118 cm³/mol. The van der Waals surface area contributed by atoms with E-state index < -0.39 is 5.91 Å². The van der Waals surface area contributed by atoms with E-state index in [2.05, 4.69) is 10.6 Å². The van der Waals surface area contributed by atoms with Crippen molar-refractivity contribution in [1.82, 2.24) is 5.32 Å². The van der Waals surface area contributed by atoms with Crippen molar-refractivity contribution in [3.63, 3.8) is 0 Å². The molecular formula is C22H19ClN2O3S. The molecule has 0 saturated carbocycles. The van der Waals surface area contributed by atoms with Crippen LogP contribution in [0.15, 0.2) is 65.7 Å². The molecule has 0 fully saturated rings. The van der Waals surface area contributed by atoms with E-state index in [4.69, 9.17) is 16.3 Å². The lowest BCUT2D eigenvalue weighted by atomic mass is 10.1. The van der Waals surface area contributed by atoms with Gasteiger partial charge in [0.05, 0.1) is 12.1 Å². The van der Waals surface area contributed by atoms with Crippen molar-refractivity contribution >= 4 is 46.5 Å². The average molecular weight is 427 g/mol. The number of amides is 2. The molecule has 0 saturated heterocycles. The summed E-state index contributed by atoms with van der Waals surface area (Å²) in [5.41, 5.74) is 2.05. The SMILES string of the molecule is COc1ccc(NC(=O)/C(=C/c2cccs2)NC(=O)c2cccc(C)c2)cc1Cl. The number of carbonyl (C=O) groups is 2. The highest BCUT2D eigenvalue weighted by atomic mass is 35.5. The Morgan fingerprint density at radius 2 is 1.93 bits per heavy atom. The van der Waals surface area contributed by atoms with E-state index in [1.807, 2.05) is 30.5 Å². The van der Waals surface area contributed by atoms with E-state index in [0.717, 1.165) is 10.4 Å². The molecule has 0 aliphatic carbocycles. The standard InChI is InChI=1S/C22H19ClN2O3S/c1-14-5-3-6-15(11-14)21(26)25-19(13-17-7-4-10-29-17)22(27)24-16-8-9-20(28-2)18(23)12-16/h3-13H,1-2H3,(H,24,27)(H,25,26)/b19-13-. The van der Waals surface area contributed by atoms with Gasteiger partial charge in [0.15, 0.2) is 0 Å². The zero-order valence-corrected chi connectivity index (χ0v) is 17.4. The first kappa shape index (κ1) is 20.6. The molecule has 1 heterocycles. The molecule has 3 aromatic rings. The molecule has 0 spiro atoms. The van der Waals surface area contributed by atoms with Crippen molar-refractivity contribution in [1.29, 1.82) is 0 Å². The first-order valence-corrected chi connectivity index (χ1v) is 10.00. The molecule has 29 heavy (non-hydrogen) atoms. The number of halogens is 1. The number of benzene rings is 2. The Morgan fingerprint density at radius 3 is 2.59 bits per heavy atom. The van der Waals surface area contributed by atoms with Gasteiger partial charge in [-0.05, 0) is 54.8 Å². The predicted octanol–water partition coefficient (Wildman–Crippen LogP) is 5.13. The summed E-state index contributed by atoms with van der Waals surface area (Å²) in [4.78, 5) is 26.4. The smallest absolute Gasteiger partial charge is 0.272 e. The zero-order valence-electron chi connectivity index (χ0n) is 15.9. The van der Waals surface area contributed by atoms with E-state index in [0.29, 0.717) is 22.0 Å². The molecule has 0 unspecified atom stereocenters. The van der Waals surface area contributed by atoms with Gasteiger partial charge >= 0.3 is 0 Å². The first-order chi connectivity index (χ1) is 14.0. The van der Waals surface area contributed by atoms with Crippen molar-refractivity contribution in [2.45, 2.75) is 6.92 Å². The van der Waals surface area contributed by atoms with E-state index >= 15 is 0 Å². The third kappa shape index (κ3) is 5.47. The van der Waals surface area contributed by atoms with Gasteiger partial charge in [-0.1, -0.05) is 35.4 Å². The Hall–Kier alpha value is -3.09. The summed E-state index contributed by atoms with van der Waals surface area (Å²) in [5.74, 6) is -0.313. The third-order valence-electron chi connectivity index (χ3n) is 4.01. The number of aryl methyl sites for hydroxylation is 1. The van der Waals surface area contributed by atoms with Crippen LogP contribution in [0.25, 0.3) is 6.08 Å². The lowest BCUT2D eigenvalue weighted by Crippen LogP contribution is -2.30. The quantitative estimate of drug-likeness (QED) is 0.537. The van der Waals surface area contributed by atoms with Crippen LogP contribution in [0.3, 0.4) is 0 Å². The molecule has 5 nitrogen and oxygen atoms in total. The summed E-state index contributed by atoms with van der Waals surface area (Å²) in [6.07, 6.45) is 1.64. The largest absolute Gasteiger partial charge is 0.495 e. The summed E-state index contributed by atoms with van der Waals surface area (Å²) in [6, 6.07) is 15.8. The second kappa shape index (κ2) is 9.41. The average Bonchev–Trinajstić information content (AvgIpc) is 3.20. The maximum atomic E-state index is 12.9. The molecule has 148 valence electrons. The van der Waals surface area contributed by atoms with Crippen molar-refractivity contribution in [2.75, 3.05) is 12.4 Å². The maximum absolute atomic E-state index is 12.9. The van der Waals surface area contributed by atoms with Crippen molar-refractivity contribution < 1.29 is 14.3 Å². The normalized spacial score (nSPS) is 11.1. The number of thiophene rings is 1. The van der Waals surface area contributed by atoms with Gasteiger partial charge in [0.1, 0.15) is 11.4 Å². The number of carbonyl (C=O) groups excluding carboxylic acids is 2. The minimum atomic E-state index is -0.458. The van der Waals surface area contributed by atoms with Gasteiger partial charge in [-0.3, -0.25) is 9.59 Å². The van der Waals surface area contributed by atoms with Crippen LogP contribution in [0.1, 0.15) is 20.8 Å². The second-order valence-electron chi connectivity index (χ2n) is 6.20. The minimum Gasteiger partial charge on any atom is -0.495 e. The number of anilines is 1. The lowest BCUT2D eigenvalue weighted by molar-refractivity contribution is -0.113. The Bertz CT molecular complexity index is 1060. The van der Waals surface area contributed by atoms with Gasteiger partial charge in [-0.2, -0.15) is 0 Å². The molecule has 0 atom stereocenters. The third-order valence-corrected chi connectivity index (χ3v) is 5.13. The van der Waals surface area contributed by atoms with Crippen LogP contribution in [0.4, 0.5) is 5.69 Å². The van der Waals surface area contributed by atoms with E-state index in [-0.39, 0.29) is 11.6 Å². The summed E-state index contributed by atoms with van der Waals surface area (Å²) in [6.45, 7) is 1.90. The van der Waals surface area contributed by atoms with Gasteiger partial charge in [0.25, 0.3) is 11.8 Å². The molecule has 2 aromatic carbocycles. The Balaban J connectivity index is 1.84. The van der Waals surface area contributed by atoms with E-state index in [1.165, 1.54) is 18.4 Å². The van der Waals surface area contributed by atoms with Gasteiger partial charge in [0.2, 0.25) is 0 Å². The Labute approximate surface area is 178 Å². The molecule has 7 heteroatoms. The molecule has 1 aromatic heterocycles. The maximum Gasteiger partial charge on any atom is 0.272 e. The van der Waals surface area contributed by atoms with Crippen molar-refractivity contribution in [3.8, 4) is 5.75 Å². The summed E-state index contributed by atoms with van der Waals surface area (Å²) in [7, 11) is 1.52. The van der Waals surface area contributed by atoms with Crippen LogP contribution >= 0.6 is 22.9 Å². The molecule has 2 amide bonds. The fraction of sp³-hybridized carbons (Fsp3) is 0.0909. The number of hydrogen-bond acceptors (Lipinski definition) is 4. The molecule has 0 aliphatic rings. The van der Waals surface area contributed by atoms with Crippen molar-refractivity contribution in [2.24, 2.45) is 0 Å².